The van der Waals surface area contributed by atoms with E-state index in [1.54, 1.807) is 11.0 Å². The van der Waals surface area contributed by atoms with Gasteiger partial charge < -0.3 is 24.4 Å². The molecule has 0 aromatic heterocycles. The van der Waals surface area contributed by atoms with E-state index in [2.05, 4.69) is 18.9 Å². The number of phenols is 1. The van der Waals surface area contributed by atoms with Crippen molar-refractivity contribution in [3.05, 3.63) is 17.7 Å². The largest absolute Gasteiger partial charge is 0.503 e. The number of ketones is 1. The summed E-state index contributed by atoms with van der Waals surface area (Å²) < 4.78 is 11.5. The summed E-state index contributed by atoms with van der Waals surface area (Å²) in [6, 6.07) is 3.25. The van der Waals surface area contributed by atoms with Gasteiger partial charge in [0.25, 0.3) is 0 Å². The van der Waals surface area contributed by atoms with Gasteiger partial charge in [0.05, 0.1) is 37.0 Å². The van der Waals surface area contributed by atoms with E-state index in [4.69, 9.17) is 9.47 Å². The monoisotopic (exact) mass is 414 g/mol. The van der Waals surface area contributed by atoms with Gasteiger partial charge in [0.2, 0.25) is 5.91 Å². The summed E-state index contributed by atoms with van der Waals surface area (Å²) >= 11 is 0. The van der Waals surface area contributed by atoms with Crippen molar-refractivity contribution >= 4 is 17.4 Å². The number of hydrogen-bond acceptors (Lipinski definition) is 6. The molecule has 0 radical (unpaired) electrons. The predicted molar refractivity (Wildman–Crippen MR) is 111 cm³/mol. The highest BCUT2D eigenvalue weighted by molar-refractivity contribution is 6.06. The van der Waals surface area contributed by atoms with Crippen LogP contribution >= 0.6 is 0 Å². The van der Waals surface area contributed by atoms with Crippen molar-refractivity contribution in [1.82, 2.24) is 4.90 Å². The molecular weight excluding hydrogens is 384 g/mol. The predicted octanol–water partition coefficient (Wildman–Crippen LogP) is 1.95. The highest BCUT2D eigenvalue weighted by atomic mass is 16.5. The van der Waals surface area contributed by atoms with Crippen LogP contribution in [0.5, 0.6) is 11.5 Å². The van der Waals surface area contributed by atoms with Crippen LogP contribution in [0.3, 0.4) is 0 Å². The zero-order valence-electron chi connectivity index (χ0n) is 18.1. The summed E-state index contributed by atoms with van der Waals surface area (Å²) in [5, 5.41) is 11.0. The zero-order chi connectivity index (χ0) is 21.4. The van der Waals surface area contributed by atoms with E-state index >= 15 is 0 Å². The molecule has 6 unspecified atom stereocenters. The lowest BCUT2D eigenvalue weighted by molar-refractivity contribution is -0.146. The van der Waals surface area contributed by atoms with Gasteiger partial charge in [0.1, 0.15) is 5.78 Å². The normalized spacial score (nSPS) is 37.8. The topological polar surface area (TPSA) is 79.3 Å². The molecule has 6 rings (SSSR count). The van der Waals surface area contributed by atoms with Gasteiger partial charge in [-0.25, -0.2) is 0 Å². The van der Waals surface area contributed by atoms with Crippen molar-refractivity contribution in [2.24, 2.45) is 17.8 Å². The second kappa shape index (κ2) is 6.69. The number of anilines is 1. The molecule has 4 heterocycles. The van der Waals surface area contributed by atoms with Gasteiger partial charge in [-0.2, -0.15) is 0 Å². The number of fused-ring (bicyclic) bond motifs is 5. The molecule has 5 aliphatic rings. The highest BCUT2D eigenvalue weighted by Gasteiger charge is 2.66. The average Bonchev–Trinajstić information content (AvgIpc) is 3.05. The first-order valence-corrected chi connectivity index (χ1v) is 10.8. The summed E-state index contributed by atoms with van der Waals surface area (Å²) in [5.74, 6) is 0.746. The molecule has 6 atom stereocenters. The molecule has 1 aromatic carbocycles. The Bertz CT molecular complexity index is 917. The Morgan fingerprint density at radius 2 is 2.07 bits per heavy atom. The SMILES string of the molecule is COc1ccc2c(c1O)N(C(C)=O)C1C3COC(C)C4CN(C)CCC21C(=O)CC43. The number of methoxy groups -OCH3 is 1. The molecule has 4 bridgehead atoms. The molecule has 7 heteroatoms. The first-order valence-electron chi connectivity index (χ1n) is 10.8. The fourth-order valence-electron chi connectivity index (χ4n) is 6.80. The summed E-state index contributed by atoms with van der Waals surface area (Å²) in [7, 11) is 3.59. The molecule has 1 saturated carbocycles. The van der Waals surface area contributed by atoms with Crippen LogP contribution in [0.1, 0.15) is 32.3 Å². The van der Waals surface area contributed by atoms with Gasteiger partial charge in [-0.05, 0) is 44.5 Å². The van der Waals surface area contributed by atoms with Crippen LogP contribution in [0.15, 0.2) is 12.1 Å². The quantitative estimate of drug-likeness (QED) is 0.757. The molecule has 1 N–H and O–H groups in total. The number of carbonyl (C=O) groups is 2. The second-order valence-electron chi connectivity index (χ2n) is 9.49. The Morgan fingerprint density at radius 1 is 1.30 bits per heavy atom. The molecule has 1 aliphatic carbocycles. The number of phenolic OH excluding ortho intramolecular Hbond substituents is 1. The molecule has 4 fully saturated rings. The number of Topliss-reactive ketones (excluding diaryl/α,β-unsaturated/α-hetero) is 1. The molecule has 1 amide bonds. The van der Waals surface area contributed by atoms with Crippen LogP contribution in [0.2, 0.25) is 0 Å². The van der Waals surface area contributed by atoms with Gasteiger partial charge in [-0.3, -0.25) is 9.59 Å². The lowest BCUT2D eigenvalue weighted by atomic mass is 9.55. The minimum absolute atomic E-state index is 0.0529. The van der Waals surface area contributed by atoms with Crippen molar-refractivity contribution in [1.29, 1.82) is 0 Å². The van der Waals surface area contributed by atoms with E-state index in [1.165, 1.54) is 14.0 Å². The van der Waals surface area contributed by atoms with Crippen molar-refractivity contribution in [3.8, 4) is 11.5 Å². The summed E-state index contributed by atoms with van der Waals surface area (Å²) in [4.78, 5) is 30.9. The second-order valence-corrected chi connectivity index (χ2v) is 9.49. The average molecular weight is 415 g/mol. The number of carbonyl (C=O) groups excluding carboxylic acids is 2. The molecule has 30 heavy (non-hydrogen) atoms. The van der Waals surface area contributed by atoms with Crippen molar-refractivity contribution in [2.75, 3.05) is 38.8 Å². The Kier molecular flexibility index (Phi) is 4.42. The Hall–Kier alpha value is -2.12. The van der Waals surface area contributed by atoms with Gasteiger partial charge in [0, 0.05) is 31.7 Å². The van der Waals surface area contributed by atoms with Crippen LogP contribution in [0.25, 0.3) is 0 Å². The van der Waals surface area contributed by atoms with Crippen molar-refractivity contribution < 1.29 is 24.2 Å². The Labute approximate surface area is 176 Å². The van der Waals surface area contributed by atoms with E-state index in [1.807, 2.05) is 6.07 Å². The number of hydrogen-bond donors (Lipinski definition) is 1. The zero-order valence-corrected chi connectivity index (χ0v) is 18.1. The first-order chi connectivity index (χ1) is 14.3. The van der Waals surface area contributed by atoms with Crippen LogP contribution in [-0.2, 0) is 19.7 Å². The van der Waals surface area contributed by atoms with E-state index in [0.717, 1.165) is 18.7 Å². The number of benzene rings is 1. The third-order valence-electron chi connectivity index (χ3n) is 8.17. The van der Waals surface area contributed by atoms with Crippen LogP contribution < -0.4 is 9.64 Å². The number of amides is 1. The lowest BCUT2D eigenvalue weighted by Crippen LogP contribution is -2.64. The van der Waals surface area contributed by atoms with Crippen LogP contribution in [0, 0.1) is 17.8 Å². The molecule has 162 valence electrons. The number of ether oxygens (including phenoxy) is 2. The van der Waals surface area contributed by atoms with Gasteiger partial charge >= 0.3 is 0 Å². The third kappa shape index (κ3) is 2.39. The smallest absolute Gasteiger partial charge is 0.224 e. The number of rotatable bonds is 1. The van der Waals surface area contributed by atoms with E-state index < -0.39 is 5.41 Å². The molecule has 1 spiro atoms. The van der Waals surface area contributed by atoms with Crippen molar-refractivity contribution in [3.63, 3.8) is 0 Å². The summed E-state index contributed by atoms with van der Waals surface area (Å²) in [6.07, 6.45) is 1.21. The highest BCUT2D eigenvalue weighted by Crippen LogP contribution is 2.61. The fourth-order valence-corrected chi connectivity index (χ4v) is 6.80. The van der Waals surface area contributed by atoms with Crippen LogP contribution in [0.4, 0.5) is 5.69 Å². The van der Waals surface area contributed by atoms with Gasteiger partial charge in [-0.1, -0.05) is 6.07 Å². The molecular formula is C23H30N2O5. The lowest BCUT2D eigenvalue weighted by Gasteiger charge is -2.53. The fraction of sp³-hybridized carbons (Fsp3) is 0.652. The Balaban J connectivity index is 1.78. The summed E-state index contributed by atoms with van der Waals surface area (Å²) in [5.41, 5.74) is 0.383. The van der Waals surface area contributed by atoms with E-state index in [-0.39, 0.29) is 47.3 Å². The minimum Gasteiger partial charge on any atom is -0.503 e. The molecule has 1 aromatic rings. The minimum atomic E-state index is -0.820. The maximum atomic E-state index is 13.9. The molecule has 7 nitrogen and oxygen atoms in total. The van der Waals surface area contributed by atoms with E-state index in [9.17, 15) is 14.7 Å². The number of aromatic hydroxyl groups is 1. The Morgan fingerprint density at radius 3 is 2.77 bits per heavy atom. The maximum Gasteiger partial charge on any atom is 0.224 e. The van der Waals surface area contributed by atoms with Crippen molar-refractivity contribution in [2.45, 2.75) is 44.2 Å². The van der Waals surface area contributed by atoms with Gasteiger partial charge in [-0.15, -0.1) is 0 Å². The number of nitrogens with zero attached hydrogens (tertiary/aromatic N) is 2. The molecule has 4 aliphatic heterocycles. The standard InChI is InChI=1S/C23H30N2O5/c1-12-15-10-24(3)8-7-23-17-5-6-18(29-4)21(28)20(17)25(13(2)26)22(23)16(11-30-12)14(15)9-19(23)27/h5-6,12,14-16,22,28H,7-11H2,1-4H3. The first kappa shape index (κ1) is 19.8. The summed E-state index contributed by atoms with van der Waals surface area (Å²) in [6.45, 7) is 5.79. The van der Waals surface area contributed by atoms with Crippen LogP contribution in [-0.4, -0.2) is 67.7 Å². The maximum absolute atomic E-state index is 13.9. The van der Waals surface area contributed by atoms with Gasteiger partial charge in [0.15, 0.2) is 11.5 Å². The van der Waals surface area contributed by atoms with E-state index in [0.29, 0.717) is 30.9 Å². The molecule has 3 saturated heterocycles. The third-order valence-corrected chi connectivity index (χ3v) is 8.17.